The first-order valence-corrected chi connectivity index (χ1v) is 12.9. The van der Waals surface area contributed by atoms with Gasteiger partial charge in [0, 0.05) is 13.0 Å². The lowest BCUT2D eigenvalue weighted by molar-refractivity contribution is -0.171. The van der Waals surface area contributed by atoms with E-state index in [1.165, 1.54) is 6.92 Å². The molecule has 8 heteroatoms. The van der Waals surface area contributed by atoms with Gasteiger partial charge in [-0.05, 0) is 62.9 Å². The van der Waals surface area contributed by atoms with Gasteiger partial charge in [-0.1, -0.05) is 67.4 Å². The van der Waals surface area contributed by atoms with Crippen LogP contribution in [0.25, 0.3) is 0 Å². The van der Waals surface area contributed by atoms with E-state index in [4.69, 9.17) is 32.7 Å². The molecule has 1 N–H and O–H groups in total. The Hall–Kier alpha value is -1.47. The summed E-state index contributed by atoms with van der Waals surface area (Å²) < 4.78 is 8.59. The molecule has 35 heavy (non-hydrogen) atoms. The highest BCUT2D eigenvalue weighted by Gasteiger charge is 2.59. The third-order valence-electron chi connectivity index (χ3n) is 7.99. The largest absolute Gasteiger partial charge is 0.458 e. The second-order valence-corrected chi connectivity index (χ2v) is 11.9. The number of halogens is 2. The summed E-state index contributed by atoms with van der Waals surface area (Å²) in [6.07, 6.45) is 10.7. The first-order chi connectivity index (χ1) is 16.2. The Morgan fingerprint density at radius 2 is 1.63 bits per heavy atom. The standard InChI is InChI=1S/C27H36Cl2O6/c1-14-9-7-8-10-15(2)35-25(32)17(4)22(30)27(28,29)23(31)21-19(14)12-11-18-13-26(5,33)24(34-6)16(3)20(18)21/h7-12,14-21,24,33H,13H2,1-6H3/b9-7-,10-8+/t14-,15+,16+,17+,18-,19+,20-,21-,24-,26-/m1/s1. The monoisotopic (exact) mass is 526 g/mol. The van der Waals surface area contributed by atoms with Gasteiger partial charge in [0.05, 0.1) is 11.7 Å². The molecule has 0 radical (unpaired) electrons. The van der Waals surface area contributed by atoms with Gasteiger partial charge in [-0.2, -0.15) is 0 Å². The zero-order chi connectivity index (χ0) is 26.3. The van der Waals surface area contributed by atoms with Crippen LogP contribution in [0.4, 0.5) is 0 Å². The number of ketones is 2. The number of hydrogen-bond donors (Lipinski definition) is 1. The fourth-order valence-electron chi connectivity index (χ4n) is 6.27. The average Bonchev–Trinajstić information content (AvgIpc) is 2.78. The van der Waals surface area contributed by atoms with Gasteiger partial charge in [-0.3, -0.25) is 14.4 Å². The van der Waals surface area contributed by atoms with Crippen molar-refractivity contribution in [1.82, 2.24) is 0 Å². The molecule has 0 bridgehead atoms. The fraction of sp³-hybridized carbons (Fsp3) is 0.667. The molecule has 0 amide bonds. The molecule has 10 atom stereocenters. The Labute approximate surface area is 217 Å². The molecular weight excluding hydrogens is 491 g/mol. The molecule has 0 aromatic heterocycles. The van der Waals surface area contributed by atoms with Crippen molar-refractivity contribution in [3.05, 3.63) is 36.5 Å². The van der Waals surface area contributed by atoms with Crippen LogP contribution in [0, 0.1) is 41.4 Å². The van der Waals surface area contributed by atoms with E-state index in [9.17, 15) is 19.5 Å². The summed E-state index contributed by atoms with van der Waals surface area (Å²) in [5.74, 6) is -5.35. The van der Waals surface area contributed by atoms with Crippen molar-refractivity contribution in [2.75, 3.05) is 7.11 Å². The van der Waals surface area contributed by atoms with E-state index >= 15 is 0 Å². The van der Waals surface area contributed by atoms with Crippen LogP contribution in [-0.2, 0) is 23.9 Å². The quantitative estimate of drug-likeness (QED) is 0.234. The van der Waals surface area contributed by atoms with E-state index in [0.717, 1.165) is 0 Å². The average molecular weight is 527 g/mol. The first kappa shape index (κ1) is 28.1. The number of fused-ring (bicyclic) bond motifs is 3. The van der Waals surface area contributed by atoms with Gasteiger partial charge in [0.2, 0.25) is 4.33 Å². The van der Waals surface area contributed by atoms with Gasteiger partial charge in [0.25, 0.3) is 0 Å². The topological polar surface area (TPSA) is 89.9 Å². The minimum Gasteiger partial charge on any atom is -0.458 e. The Morgan fingerprint density at radius 1 is 1.00 bits per heavy atom. The molecule has 6 nitrogen and oxygen atoms in total. The van der Waals surface area contributed by atoms with Crippen molar-refractivity contribution in [2.45, 2.75) is 63.2 Å². The Morgan fingerprint density at radius 3 is 2.26 bits per heavy atom. The zero-order valence-corrected chi connectivity index (χ0v) is 22.6. The van der Waals surface area contributed by atoms with Crippen LogP contribution in [0.1, 0.15) is 41.0 Å². The van der Waals surface area contributed by atoms with Crippen LogP contribution in [0.5, 0.6) is 0 Å². The molecule has 3 aliphatic rings. The molecule has 1 heterocycles. The molecule has 3 rings (SSSR count). The maximum absolute atomic E-state index is 14.1. The summed E-state index contributed by atoms with van der Waals surface area (Å²) in [5.41, 5.74) is -1.09. The number of aliphatic hydroxyl groups is 1. The summed E-state index contributed by atoms with van der Waals surface area (Å²) in [4.78, 5) is 40.0. The van der Waals surface area contributed by atoms with Crippen molar-refractivity contribution in [2.24, 2.45) is 41.4 Å². The molecule has 0 unspecified atom stereocenters. The molecule has 1 aliphatic heterocycles. The van der Waals surface area contributed by atoms with E-state index in [2.05, 4.69) is 6.08 Å². The number of carbonyl (C=O) groups excluding carboxylic acids is 3. The van der Waals surface area contributed by atoms with E-state index in [1.807, 2.05) is 32.1 Å². The fourth-order valence-corrected chi connectivity index (χ4v) is 6.85. The Kier molecular flexibility index (Phi) is 8.42. The van der Waals surface area contributed by atoms with Gasteiger partial charge in [0.1, 0.15) is 12.0 Å². The number of ether oxygens (including phenoxy) is 2. The summed E-state index contributed by atoms with van der Waals surface area (Å²) in [5, 5.41) is 11.1. The van der Waals surface area contributed by atoms with Gasteiger partial charge < -0.3 is 14.6 Å². The van der Waals surface area contributed by atoms with E-state index in [-0.39, 0.29) is 29.6 Å². The molecule has 0 aromatic rings. The molecule has 0 spiro atoms. The van der Waals surface area contributed by atoms with Crippen LogP contribution >= 0.6 is 23.2 Å². The highest BCUT2D eigenvalue weighted by atomic mass is 35.5. The van der Waals surface area contributed by atoms with Gasteiger partial charge >= 0.3 is 5.97 Å². The van der Waals surface area contributed by atoms with Crippen molar-refractivity contribution in [1.29, 1.82) is 0 Å². The molecule has 194 valence electrons. The van der Waals surface area contributed by atoms with Crippen LogP contribution in [0.3, 0.4) is 0 Å². The minimum atomic E-state index is -2.42. The lowest BCUT2D eigenvalue weighted by Gasteiger charge is -2.53. The molecule has 2 aliphatic carbocycles. The van der Waals surface area contributed by atoms with Crippen molar-refractivity contribution >= 4 is 40.7 Å². The van der Waals surface area contributed by atoms with Crippen LogP contribution < -0.4 is 0 Å². The highest BCUT2D eigenvalue weighted by Crippen LogP contribution is 2.53. The predicted molar refractivity (Wildman–Crippen MR) is 135 cm³/mol. The lowest BCUT2D eigenvalue weighted by atomic mass is 9.54. The van der Waals surface area contributed by atoms with Crippen molar-refractivity contribution < 1.29 is 29.0 Å². The molecule has 0 saturated heterocycles. The molecule has 1 fully saturated rings. The summed E-state index contributed by atoms with van der Waals surface area (Å²) >= 11 is 13.1. The van der Waals surface area contributed by atoms with Crippen molar-refractivity contribution in [3.8, 4) is 0 Å². The summed E-state index contributed by atoms with van der Waals surface area (Å²) in [6, 6.07) is 0. The number of alkyl halides is 2. The summed E-state index contributed by atoms with van der Waals surface area (Å²) in [6.45, 7) is 8.73. The SMILES string of the molecule is CO[C@@H]1[C@@H](C)[C@H]2[C@@H]3C(=O)C(Cl)(Cl)C(=O)[C@H](C)C(=O)O[C@@H](C)/C=C/C=C\[C@@H](C)[C@@H]3C=C[C@@H]2C[C@@]1(C)O. The number of allylic oxidation sites excluding steroid dienone is 5. The van der Waals surface area contributed by atoms with Gasteiger partial charge in [0.15, 0.2) is 11.6 Å². The maximum atomic E-state index is 14.1. The predicted octanol–water partition coefficient (Wildman–Crippen LogP) is 4.47. The third-order valence-corrected chi connectivity index (χ3v) is 8.74. The zero-order valence-electron chi connectivity index (χ0n) is 21.1. The van der Waals surface area contributed by atoms with Crippen molar-refractivity contribution in [3.63, 3.8) is 0 Å². The number of methoxy groups -OCH3 is 1. The Bertz CT molecular complexity index is 936. The molecule has 1 saturated carbocycles. The van der Waals surface area contributed by atoms with Crippen LogP contribution in [0.15, 0.2) is 36.5 Å². The van der Waals surface area contributed by atoms with Gasteiger partial charge in [-0.15, -0.1) is 0 Å². The number of Topliss-reactive ketones (excluding diaryl/α,β-unsaturated/α-hetero) is 2. The number of esters is 1. The number of carbonyl (C=O) groups is 3. The summed E-state index contributed by atoms with van der Waals surface area (Å²) in [7, 11) is 1.55. The van der Waals surface area contributed by atoms with Gasteiger partial charge in [-0.25, -0.2) is 0 Å². The molecule has 0 aromatic carbocycles. The molecular formula is C27H36Cl2O6. The third kappa shape index (κ3) is 5.31. The highest BCUT2D eigenvalue weighted by molar-refractivity contribution is 6.68. The van der Waals surface area contributed by atoms with E-state index < -0.39 is 51.5 Å². The number of rotatable bonds is 1. The lowest BCUT2D eigenvalue weighted by Crippen LogP contribution is -2.60. The maximum Gasteiger partial charge on any atom is 0.316 e. The van der Waals surface area contributed by atoms with Crippen LogP contribution in [-0.4, -0.2) is 51.9 Å². The van der Waals surface area contributed by atoms with E-state index in [0.29, 0.717) is 6.42 Å². The first-order valence-electron chi connectivity index (χ1n) is 12.2. The van der Waals surface area contributed by atoms with Crippen LogP contribution in [0.2, 0.25) is 0 Å². The second-order valence-electron chi connectivity index (χ2n) is 10.6. The smallest absolute Gasteiger partial charge is 0.316 e. The number of cyclic esters (lactones) is 1. The normalized spacial score (nSPS) is 46.1. The number of hydrogen-bond acceptors (Lipinski definition) is 6. The second kappa shape index (κ2) is 10.5. The Balaban J connectivity index is 2.14. The minimum absolute atomic E-state index is 0.0844. The van der Waals surface area contributed by atoms with E-state index in [1.54, 1.807) is 33.1 Å².